The van der Waals surface area contributed by atoms with Gasteiger partial charge in [0, 0.05) is 21.7 Å². The molecule has 3 aromatic carbocycles. The third-order valence-corrected chi connectivity index (χ3v) is 5.05. The van der Waals surface area contributed by atoms with E-state index in [0.717, 1.165) is 6.07 Å². The molecule has 0 aliphatic carbocycles. The SMILES string of the molecule is Cc1c(C(=N)OC(=N)Cc2ccc(Cl)c(Oc3cc(Cl)cc(C#N)c3)c2F)ccc(O)c1F. The van der Waals surface area contributed by atoms with Crippen molar-refractivity contribution in [3.05, 3.63) is 86.4 Å². The number of ether oxygens (including phenoxy) is 2. The number of nitriles is 1. The van der Waals surface area contributed by atoms with Gasteiger partial charge in [-0.3, -0.25) is 10.8 Å². The molecule has 0 aromatic heterocycles. The van der Waals surface area contributed by atoms with Gasteiger partial charge in [0.25, 0.3) is 0 Å². The van der Waals surface area contributed by atoms with Gasteiger partial charge in [-0.2, -0.15) is 5.26 Å². The molecule has 0 radical (unpaired) electrons. The first-order valence-electron chi connectivity index (χ1n) is 9.28. The van der Waals surface area contributed by atoms with Crippen LogP contribution in [0.1, 0.15) is 22.3 Å². The number of nitrogens with zero attached hydrogens (tertiary/aromatic N) is 1. The number of phenolic OH excluding ortho intramolecular Hbond substituents is 1. The molecule has 10 heteroatoms. The van der Waals surface area contributed by atoms with E-state index in [1.807, 2.05) is 6.07 Å². The van der Waals surface area contributed by atoms with E-state index in [1.54, 1.807) is 0 Å². The summed E-state index contributed by atoms with van der Waals surface area (Å²) in [6.07, 6.45) is -0.361. The largest absolute Gasteiger partial charge is 0.505 e. The van der Waals surface area contributed by atoms with Crippen molar-refractivity contribution in [1.29, 1.82) is 16.1 Å². The number of halogens is 4. The fourth-order valence-electron chi connectivity index (χ4n) is 2.91. The van der Waals surface area contributed by atoms with Crippen LogP contribution in [0.3, 0.4) is 0 Å². The zero-order chi connectivity index (χ0) is 24.3. The first-order valence-corrected chi connectivity index (χ1v) is 10.0. The minimum absolute atomic E-state index is 0.0108. The Morgan fingerprint density at radius 1 is 1.09 bits per heavy atom. The Bertz CT molecular complexity index is 1320. The van der Waals surface area contributed by atoms with E-state index < -0.39 is 29.2 Å². The van der Waals surface area contributed by atoms with E-state index in [4.69, 9.17) is 48.8 Å². The Morgan fingerprint density at radius 2 is 1.82 bits per heavy atom. The van der Waals surface area contributed by atoms with Crippen LogP contribution >= 0.6 is 23.2 Å². The molecule has 0 aliphatic rings. The Balaban J connectivity index is 1.80. The van der Waals surface area contributed by atoms with Gasteiger partial charge < -0.3 is 14.6 Å². The fourth-order valence-corrected chi connectivity index (χ4v) is 3.32. The third kappa shape index (κ3) is 5.40. The molecule has 0 saturated heterocycles. The van der Waals surface area contributed by atoms with Gasteiger partial charge in [0.2, 0.25) is 5.90 Å². The maximum atomic E-state index is 15.1. The second-order valence-electron chi connectivity index (χ2n) is 6.84. The molecule has 0 unspecified atom stereocenters. The topological polar surface area (TPSA) is 110 Å². The highest BCUT2D eigenvalue weighted by atomic mass is 35.5. The maximum Gasteiger partial charge on any atom is 0.221 e. The second kappa shape index (κ2) is 9.86. The minimum Gasteiger partial charge on any atom is -0.505 e. The normalized spacial score (nSPS) is 10.4. The molecule has 33 heavy (non-hydrogen) atoms. The van der Waals surface area contributed by atoms with Gasteiger partial charge in [0.15, 0.2) is 29.0 Å². The monoisotopic (exact) mass is 489 g/mol. The highest BCUT2D eigenvalue weighted by molar-refractivity contribution is 6.32. The summed E-state index contributed by atoms with van der Waals surface area (Å²) in [4.78, 5) is 0. The third-order valence-electron chi connectivity index (χ3n) is 4.54. The smallest absolute Gasteiger partial charge is 0.221 e. The molecule has 0 amide bonds. The van der Waals surface area contributed by atoms with Crippen molar-refractivity contribution >= 4 is 35.0 Å². The van der Waals surface area contributed by atoms with E-state index in [0.29, 0.717) is 0 Å². The van der Waals surface area contributed by atoms with Crippen molar-refractivity contribution in [2.75, 3.05) is 0 Å². The van der Waals surface area contributed by atoms with Crippen LogP contribution in [0.4, 0.5) is 8.78 Å². The Morgan fingerprint density at radius 3 is 2.52 bits per heavy atom. The van der Waals surface area contributed by atoms with E-state index in [1.165, 1.54) is 43.3 Å². The van der Waals surface area contributed by atoms with Gasteiger partial charge in [-0.25, -0.2) is 8.78 Å². The number of hydrogen-bond donors (Lipinski definition) is 3. The molecule has 3 rings (SSSR count). The molecule has 0 aliphatic heterocycles. The van der Waals surface area contributed by atoms with Gasteiger partial charge in [0.05, 0.1) is 23.1 Å². The molecule has 0 atom stereocenters. The number of nitrogens with one attached hydrogen (secondary N) is 2. The summed E-state index contributed by atoms with van der Waals surface area (Å²) >= 11 is 12.0. The zero-order valence-corrected chi connectivity index (χ0v) is 18.5. The first-order chi connectivity index (χ1) is 15.6. The number of benzene rings is 3. The average Bonchev–Trinajstić information content (AvgIpc) is 2.76. The Kier molecular flexibility index (Phi) is 7.16. The number of hydrogen-bond acceptors (Lipinski definition) is 6. The number of aromatic hydroxyl groups is 1. The van der Waals surface area contributed by atoms with Gasteiger partial charge in [0.1, 0.15) is 5.75 Å². The summed E-state index contributed by atoms with van der Waals surface area (Å²) in [6, 6.07) is 11.1. The molecule has 0 spiro atoms. The molecule has 3 aromatic rings. The van der Waals surface area contributed by atoms with Crippen LogP contribution in [0.2, 0.25) is 10.0 Å². The van der Waals surface area contributed by atoms with Crippen LogP contribution in [-0.4, -0.2) is 16.9 Å². The molecule has 0 fully saturated rings. The predicted molar refractivity (Wildman–Crippen MR) is 120 cm³/mol. The molecule has 168 valence electrons. The van der Waals surface area contributed by atoms with Crippen LogP contribution in [0.25, 0.3) is 0 Å². The summed E-state index contributed by atoms with van der Waals surface area (Å²) in [5, 5.41) is 34.6. The Labute approximate surface area is 197 Å². The lowest BCUT2D eigenvalue weighted by atomic mass is 10.1. The highest BCUT2D eigenvalue weighted by Crippen LogP contribution is 2.35. The van der Waals surface area contributed by atoms with E-state index in [2.05, 4.69) is 0 Å². The molecular weight excluding hydrogens is 475 g/mol. The second-order valence-corrected chi connectivity index (χ2v) is 7.69. The van der Waals surface area contributed by atoms with Crippen LogP contribution in [0, 0.1) is 40.7 Å². The summed E-state index contributed by atoms with van der Waals surface area (Å²) in [5.41, 5.74) is 0.201. The van der Waals surface area contributed by atoms with Crippen LogP contribution in [0.5, 0.6) is 17.2 Å². The van der Waals surface area contributed by atoms with E-state index >= 15 is 4.39 Å². The van der Waals surface area contributed by atoms with Gasteiger partial charge in [-0.05, 0) is 43.3 Å². The number of rotatable bonds is 5. The summed E-state index contributed by atoms with van der Waals surface area (Å²) < 4.78 is 39.6. The quantitative estimate of drug-likeness (QED) is 0.280. The lowest BCUT2D eigenvalue weighted by Gasteiger charge is -2.14. The molecule has 6 nitrogen and oxygen atoms in total. The zero-order valence-electron chi connectivity index (χ0n) is 17.0. The lowest BCUT2D eigenvalue weighted by molar-refractivity contribution is 0.429. The standard InChI is InChI=1S/C23H15Cl2F2N3O3/c1-11-16(3-5-18(31)20(11)26)23(30)33-19(29)8-13-2-4-17(25)22(21(13)27)32-15-7-12(10-28)6-14(24)9-15/h2-7,9,29-31H,8H2,1H3. The Hall–Kier alpha value is -3.67. The lowest BCUT2D eigenvalue weighted by Crippen LogP contribution is -2.16. The molecular formula is C23H15Cl2F2N3O3. The highest BCUT2D eigenvalue weighted by Gasteiger charge is 2.19. The molecule has 0 saturated carbocycles. The first kappa shape index (κ1) is 24.0. The maximum absolute atomic E-state index is 15.1. The van der Waals surface area contributed by atoms with Gasteiger partial charge in [-0.1, -0.05) is 29.3 Å². The minimum atomic E-state index is -0.904. The fraction of sp³-hybridized carbons (Fsp3) is 0.0870. The van der Waals surface area contributed by atoms with Crippen molar-refractivity contribution in [2.45, 2.75) is 13.3 Å². The van der Waals surface area contributed by atoms with Gasteiger partial charge >= 0.3 is 0 Å². The van der Waals surface area contributed by atoms with E-state index in [9.17, 15) is 9.50 Å². The number of phenols is 1. The van der Waals surface area contributed by atoms with Crippen LogP contribution in [0.15, 0.2) is 42.5 Å². The summed E-state index contributed by atoms with van der Waals surface area (Å²) in [5.74, 6) is -3.61. The summed E-state index contributed by atoms with van der Waals surface area (Å²) in [7, 11) is 0. The van der Waals surface area contributed by atoms with Crippen molar-refractivity contribution < 1.29 is 23.4 Å². The van der Waals surface area contributed by atoms with Gasteiger partial charge in [-0.15, -0.1) is 0 Å². The van der Waals surface area contributed by atoms with Crippen LogP contribution < -0.4 is 4.74 Å². The van der Waals surface area contributed by atoms with Crippen molar-refractivity contribution in [3.63, 3.8) is 0 Å². The predicted octanol–water partition coefficient (Wildman–Crippen LogP) is 6.51. The van der Waals surface area contributed by atoms with E-state index in [-0.39, 0.29) is 50.2 Å². The van der Waals surface area contributed by atoms with Crippen molar-refractivity contribution in [3.8, 4) is 23.3 Å². The molecule has 0 bridgehead atoms. The summed E-state index contributed by atoms with van der Waals surface area (Å²) in [6.45, 7) is 1.35. The molecule has 3 N–H and O–H groups in total. The van der Waals surface area contributed by atoms with Crippen molar-refractivity contribution in [1.82, 2.24) is 0 Å². The average molecular weight is 490 g/mol. The van der Waals surface area contributed by atoms with Crippen LogP contribution in [-0.2, 0) is 11.2 Å². The molecule has 0 heterocycles. The van der Waals surface area contributed by atoms with Crippen molar-refractivity contribution in [2.24, 2.45) is 0 Å².